The summed E-state index contributed by atoms with van der Waals surface area (Å²) in [5, 5.41) is 2.91. The Morgan fingerprint density at radius 2 is 1.78 bits per heavy atom. The van der Waals surface area contributed by atoms with Gasteiger partial charge in [-0.2, -0.15) is 0 Å². The summed E-state index contributed by atoms with van der Waals surface area (Å²) < 4.78 is 2.05. The third kappa shape index (κ3) is 2.76. The maximum absolute atomic E-state index is 13.4. The molecule has 0 saturated heterocycles. The van der Waals surface area contributed by atoms with Crippen LogP contribution in [0.2, 0.25) is 0 Å². The number of amides is 1. The van der Waals surface area contributed by atoms with Gasteiger partial charge in [0.2, 0.25) is 0 Å². The van der Waals surface area contributed by atoms with Crippen molar-refractivity contribution in [1.82, 2.24) is 14.6 Å². The van der Waals surface area contributed by atoms with E-state index in [1.165, 1.54) is 4.52 Å². The molecule has 27 heavy (non-hydrogen) atoms. The first-order valence-corrected chi connectivity index (χ1v) is 9.03. The maximum atomic E-state index is 13.4. The van der Waals surface area contributed by atoms with Gasteiger partial charge in [0.25, 0.3) is 11.5 Å². The zero-order chi connectivity index (χ0) is 19.1. The van der Waals surface area contributed by atoms with Crippen LogP contribution in [0.1, 0.15) is 16.1 Å². The molecule has 4 aromatic rings. The van der Waals surface area contributed by atoms with Crippen molar-refractivity contribution in [3.8, 4) is 22.4 Å². The summed E-state index contributed by atoms with van der Waals surface area (Å²) in [6.45, 7) is 1.69. The highest BCUT2D eigenvalue weighted by molar-refractivity contribution is 9.10. The molecule has 0 aliphatic carbocycles. The van der Waals surface area contributed by atoms with Crippen LogP contribution in [0.5, 0.6) is 0 Å². The number of nitrogens with two attached hydrogens (primary N) is 1. The Bertz CT molecular complexity index is 1240. The lowest BCUT2D eigenvalue weighted by Gasteiger charge is -2.11. The number of carbonyl (C=O) groups is 1. The number of hydrogen-bond acceptors (Lipinski definition) is 3. The van der Waals surface area contributed by atoms with Crippen molar-refractivity contribution in [3.05, 3.63) is 80.7 Å². The molecule has 0 atom stereocenters. The highest BCUT2D eigenvalue weighted by atomic mass is 79.9. The van der Waals surface area contributed by atoms with Gasteiger partial charge < -0.3 is 5.73 Å². The Morgan fingerprint density at radius 3 is 2.44 bits per heavy atom. The summed E-state index contributed by atoms with van der Waals surface area (Å²) in [5.74, 6) is -0.634. The summed E-state index contributed by atoms with van der Waals surface area (Å²) in [5.41, 5.74) is 8.56. The fourth-order valence-corrected chi connectivity index (χ4v) is 3.67. The molecule has 0 aliphatic rings. The second-order valence-electron chi connectivity index (χ2n) is 6.12. The molecule has 0 bridgehead atoms. The van der Waals surface area contributed by atoms with Crippen molar-refractivity contribution < 1.29 is 4.79 Å². The first-order chi connectivity index (χ1) is 13.0. The number of aryl methyl sites for hydroxylation is 1. The summed E-state index contributed by atoms with van der Waals surface area (Å²) in [6, 6.07) is 16.9. The van der Waals surface area contributed by atoms with Crippen molar-refractivity contribution in [2.45, 2.75) is 6.92 Å². The minimum Gasteiger partial charge on any atom is -0.365 e. The van der Waals surface area contributed by atoms with E-state index >= 15 is 0 Å². The normalized spacial score (nSPS) is 11.0. The van der Waals surface area contributed by atoms with Crippen molar-refractivity contribution in [1.29, 1.82) is 0 Å². The van der Waals surface area contributed by atoms with Crippen molar-refractivity contribution in [2.24, 2.45) is 5.73 Å². The highest BCUT2D eigenvalue weighted by Gasteiger charge is 2.23. The molecule has 3 N–H and O–H groups in total. The fraction of sp³-hybridized carbons (Fsp3) is 0.0500. The van der Waals surface area contributed by atoms with Crippen LogP contribution in [0.4, 0.5) is 0 Å². The Kier molecular flexibility index (Phi) is 4.16. The zero-order valence-corrected chi connectivity index (χ0v) is 15.9. The molecule has 2 aromatic heterocycles. The van der Waals surface area contributed by atoms with E-state index in [1.54, 1.807) is 6.92 Å². The monoisotopic (exact) mass is 422 g/mol. The smallest absolute Gasteiger partial charge is 0.281 e. The molecular weight excluding hydrogens is 408 g/mol. The molecule has 0 unspecified atom stereocenters. The Labute approximate surface area is 162 Å². The van der Waals surface area contributed by atoms with E-state index in [0.717, 1.165) is 15.6 Å². The molecular formula is C20H15BrN4O2. The molecule has 6 nitrogen and oxygen atoms in total. The van der Waals surface area contributed by atoms with Crippen LogP contribution in [-0.2, 0) is 0 Å². The molecule has 1 amide bonds. The lowest BCUT2D eigenvalue weighted by molar-refractivity contribution is 0.100. The SMILES string of the molecule is Cc1[nH]n2c(=O)c(-c3ccccc3Br)c(-c3ccccc3)nc2c1C(N)=O. The van der Waals surface area contributed by atoms with E-state index in [-0.39, 0.29) is 16.8 Å². The first-order valence-electron chi connectivity index (χ1n) is 8.24. The molecule has 134 valence electrons. The number of benzene rings is 2. The van der Waals surface area contributed by atoms with Gasteiger partial charge in [-0.3, -0.25) is 14.7 Å². The molecule has 4 rings (SSSR count). The number of H-pyrrole nitrogens is 1. The molecule has 0 saturated carbocycles. The molecule has 7 heteroatoms. The van der Waals surface area contributed by atoms with E-state index in [9.17, 15) is 9.59 Å². The number of halogens is 1. The minimum absolute atomic E-state index is 0.211. The van der Waals surface area contributed by atoms with E-state index in [1.807, 2.05) is 54.6 Å². The van der Waals surface area contributed by atoms with Crippen molar-refractivity contribution in [3.63, 3.8) is 0 Å². The van der Waals surface area contributed by atoms with Gasteiger partial charge in [0.15, 0.2) is 5.65 Å². The number of aromatic nitrogens is 3. The third-order valence-corrected chi connectivity index (χ3v) is 5.09. The average Bonchev–Trinajstić information content (AvgIpc) is 3.00. The van der Waals surface area contributed by atoms with Gasteiger partial charge in [-0.05, 0) is 13.0 Å². The summed E-state index contributed by atoms with van der Waals surface area (Å²) in [6.07, 6.45) is 0. The fourth-order valence-electron chi connectivity index (χ4n) is 3.19. The predicted molar refractivity (Wildman–Crippen MR) is 108 cm³/mol. The number of fused-ring (bicyclic) bond motifs is 1. The Balaban J connectivity index is 2.19. The quantitative estimate of drug-likeness (QED) is 0.528. The van der Waals surface area contributed by atoms with E-state index < -0.39 is 5.91 Å². The molecule has 0 aliphatic heterocycles. The van der Waals surface area contributed by atoms with Gasteiger partial charge in [-0.25, -0.2) is 9.50 Å². The molecule has 0 fully saturated rings. The number of nitrogens with zero attached hydrogens (tertiary/aromatic N) is 2. The highest BCUT2D eigenvalue weighted by Crippen LogP contribution is 2.33. The van der Waals surface area contributed by atoms with Crippen LogP contribution in [0.3, 0.4) is 0 Å². The number of hydrogen-bond donors (Lipinski definition) is 2. The standard InChI is InChI=1S/C20H15BrN4O2/c1-11-15(18(22)26)19-23-17(12-7-3-2-4-8-12)16(20(27)25(19)24-11)13-9-5-6-10-14(13)21/h2-10,24H,1H3,(H2,22,26). The van der Waals surface area contributed by atoms with Gasteiger partial charge in [0.05, 0.1) is 11.3 Å². The average molecular weight is 423 g/mol. The van der Waals surface area contributed by atoms with Crippen LogP contribution in [0, 0.1) is 6.92 Å². The molecule has 0 radical (unpaired) electrons. The van der Waals surface area contributed by atoms with Crippen molar-refractivity contribution >= 4 is 27.5 Å². The molecule has 0 spiro atoms. The largest absolute Gasteiger partial charge is 0.365 e. The number of rotatable bonds is 3. The summed E-state index contributed by atoms with van der Waals surface area (Å²) >= 11 is 3.52. The van der Waals surface area contributed by atoms with Gasteiger partial charge >= 0.3 is 0 Å². The molecule has 2 aromatic carbocycles. The van der Waals surface area contributed by atoms with Gasteiger partial charge in [0.1, 0.15) is 5.56 Å². The Morgan fingerprint density at radius 1 is 1.11 bits per heavy atom. The summed E-state index contributed by atoms with van der Waals surface area (Å²) in [7, 11) is 0. The van der Waals surface area contributed by atoms with Crippen LogP contribution < -0.4 is 11.3 Å². The van der Waals surface area contributed by atoms with Crippen LogP contribution in [0.25, 0.3) is 28.0 Å². The lowest BCUT2D eigenvalue weighted by atomic mass is 10.0. The van der Waals surface area contributed by atoms with Gasteiger partial charge in [-0.15, -0.1) is 0 Å². The number of aromatic amines is 1. The van der Waals surface area contributed by atoms with E-state index in [4.69, 9.17) is 5.73 Å². The minimum atomic E-state index is -0.634. The van der Waals surface area contributed by atoms with Crippen molar-refractivity contribution in [2.75, 3.05) is 0 Å². The van der Waals surface area contributed by atoms with E-state index in [0.29, 0.717) is 17.0 Å². The van der Waals surface area contributed by atoms with E-state index in [2.05, 4.69) is 26.0 Å². The predicted octanol–water partition coefficient (Wildman–Crippen LogP) is 3.53. The van der Waals surface area contributed by atoms with Gasteiger partial charge in [0, 0.05) is 21.3 Å². The summed E-state index contributed by atoms with van der Waals surface area (Å²) in [4.78, 5) is 30.0. The van der Waals surface area contributed by atoms with Crippen LogP contribution >= 0.6 is 15.9 Å². The number of nitrogens with one attached hydrogen (secondary N) is 1. The zero-order valence-electron chi connectivity index (χ0n) is 14.4. The second kappa shape index (κ2) is 6.51. The number of carbonyl (C=O) groups excluding carboxylic acids is 1. The topological polar surface area (TPSA) is 93.2 Å². The first kappa shape index (κ1) is 17.2. The molecule has 2 heterocycles. The third-order valence-electron chi connectivity index (χ3n) is 4.40. The number of primary amides is 1. The van der Waals surface area contributed by atoms with Crippen LogP contribution in [-0.4, -0.2) is 20.5 Å². The van der Waals surface area contributed by atoms with Gasteiger partial charge in [-0.1, -0.05) is 64.5 Å². The lowest BCUT2D eigenvalue weighted by Crippen LogP contribution is -2.20. The second-order valence-corrected chi connectivity index (χ2v) is 6.98. The maximum Gasteiger partial charge on any atom is 0.281 e. The van der Waals surface area contributed by atoms with Crippen LogP contribution in [0.15, 0.2) is 63.9 Å². The Hall–Kier alpha value is -3.19.